The predicted molar refractivity (Wildman–Crippen MR) is 87.6 cm³/mol. The summed E-state index contributed by atoms with van der Waals surface area (Å²) in [6.07, 6.45) is 4.96. The molecule has 2 aromatic rings. The normalized spacial score (nSPS) is 10.5. The average molecular weight is 323 g/mol. The maximum Gasteiger partial charge on any atom is 0.340 e. The number of ether oxygens (including phenoxy) is 2. The second-order valence-electron chi connectivity index (χ2n) is 4.73. The SMILES string of the molecule is C=CNCCCCOC(=O)c1c[nH]c2cc(Cl)cc(OC)c12. The number of aromatic amines is 1. The number of carbonyl (C=O) groups excluding carboxylic acids is 1. The van der Waals surface area contributed by atoms with E-state index < -0.39 is 0 Å². The van der Waals surface area contributed by atoms with Crippen molar-refractivity contribution in [2.75, 3.05) is 20.3 Å². The van der Waals surface area contributed by atoms with Crippen molar-refractivity contribution in [1.29, 1.82) is 0 Å². The Morgan fingerprint density at radius 3 is 3.00 bits per heavy atom. The second kappa shape index (κ2) is 7.75. The molecule has 0 unspecified atom stereocenters. The number of hydrogen-bond donors (Lipinski definition) is 2. The highest BCUT2D eigenvalue weighted by Crippen LogP contribution is 2.32. The van der Waals surface area contributed by atoms with Crippen LogP contribution < -0.4 is 10.1 Å². The molecular formula is C16H19ClN2O3. The molecule has 1 heterocycles. The fourth-order valence-electron chi connectivity index (χ4n) is 2.19. The number of rotatable bonds is 8. The molecule has 0 atom stereocenters. The summed E-state index contributed by atoms with van der Waals surface area (Å²) in [6.45, 7) is 4.77. The zero-order chi connectivity index (χ0) is 15.9. The van der Waals surface area contributed by atoms with Gasteiger partial charge in [-0.1, -0.05) is 18.2 Å². The van der Waals surface area contributed by atoms with E-state index in [9.17, 15) is 4.79 Å². The Labute approximate surface area is 134 Å². The Hall–Kier alpha value is -2.14. The summed E-state index contributed by atoms with van der Waals surface area (Å²) in [5.74, 6) is 0.175. The topological polar surface area (TPSA) is 63.3 Å². The minimum absolute atomic E-state index is 0.372. The van der Waals surface area contributed by atoms with E-state index in [0.29, 0.717) is 28.3 Å². The van der Waals surface area contributed by atoms with E-state index in [1.54, 1.807) is 31.6 Å². The zero-order valence-electron chi connectivity index (χ0n) is 12.4. The molecule has 0 spiro atoms. The largest absolute Gasteiger partial charge is 0.496 e. The van der Waals surface area contributed by atoms with E-state index in [-0.39, 0.29) is 5.97 Å². The number of aromatic nitrogens is 1. The first-order valence-corrected chi connectivity index (χ1v) is 7.41. The van der Waals surface area contributed by atoms with Gasteiger partial charge in [0.05, 0.1) is 30.2 Å². The summed E-state index contributed by atoms with van der Waals surface area (Å²) in [7, 11) is 1.54. The molecule has 0 amide bonds. The lowest BCUT2D eigenvalue weighted by Gasteiger charge is -2.07. The highest BCUT2D eigenvalue weighted by atomic mass is 35.5. The number of hydrogen-bond acceptors (Lipinski definition) is 4. The van der Waals surface area contributed by atoms with Crippen LogP contribution in [-0.2, 0) is 4.74 Å². The lowest BCUT2D eigenvalue weighted by molar-refractivity contribution is 0.0501. The van der Waals surface area contributed by atoms with Gasteiger partial charge in [-0.05, 0) is 31.2 Å². The quantitative estimate of drug-likeness (QED) is 0.577. The molecule has 0 fully saturated rings. The summed E-state index contributed by atoms with van der Waals surface area (Å²) in [5.41, 5.74) is 1.19. The van der Waals surface area contributed by atoms with Gasteiger partial charge in [-0.25, -0.2) is 4.79 Å². The van der Waals surface area contributed by atoms with Crippen LogP contribution in [0.2, 0.25) is 5.02 Å². The molecule has 5 nitrogen and oxygen atoms in total. The molecule has 0 bridgehead atoms. The zero-order valence-corrected chi connectivity index (χ0v) is 13.2. The van der Waals surface area contributed by atoms with E-state index in [1.807, 2.05) is 0 Å². The minimum atomic E-state index is -0.372. The highest BCUT2D eigenvalue weighted by Gasteiger charge is 2.17. The molecular weight excluding hydrogens is 304 g/mol. The van der Waals surface area contributed by atoms with Gasteiger partial charge >= 0.3 is 5.97 Å². The van der Waals surface area contributed by atoms with Crippen LogP contribution in [0.3, 0.4) is 0 Å². The van der Waals surface area contributed by atoms with Crippen molar-refractivity contribution in [2.45, 2.75) is 12.8 Å². The van der Waals surface area contributed by atoms with Crippen LogP contribution in [0.1, 0.15) is 23.2 Å². The van der Waals surface area contributed by atoms with E-state index in [4.69, 9.17) is 21.1 Å². The smallest absolute Gasteiger partial charge is 0.340 e. The van der Waals surface area contributed by atoms with Gasteiger partial charge in [0, 0.05) is 17.8 Å². The van der Waals surface area contributed by atoms with E-state index in [2.05, 4.69) is 16.9 Å². The first-order valence-electron chi connectivity index (χ1n) is 7.03. The van der Waals surface area contributed by atoms with E-state index >= 15 is 0 Å². The standard InChI is InChI=1S/C16H19ClN2O3/c1-3-18-6-4-5-7-22-16(20)12-10-19-13-8-11(17)9-14(21-2)15(12)13/h3,8-10,18-19H,1,4-7H2,2H3. The summed E-state index contributed by atoms with van der Waals surface area (Å²) in [6, 6.07) is 3.42. The summed E-state index contributed by atoms with van der Waals surface area (Å²) in [4.78, 5) is 15.2. The summed E-state index contributed by atoms with van der Waals surface area (Å²) in [5, 5.41) is 4.23. The number of nitrogens with one attached hydrogen (secondary N) is 2. The van der Waals surface area contributed by atoms with Crippen molar-refractivity contribution in [2.24, 2.45) is 0 Å². The van der Waals surface area contributed by atoms with Crippen molar-refractivity contribution in [3.63, 3.8) is 0 Å². The fraction of sp³-hybridized carbons (Fsp3) is 0.312. The molecule has 22 heavy (non-hydrogen) atoms. The molecule has 1 aromatic heterocycles. The molecule has 2 N–H and O–H groups in total. The van der Waals surface area contributed by atoms with Crippen LogP contribution in [0.5, 0.6) is 5.75 Å². The molecule has 1 aromatic carbocycles. The van der Waals surface area contributed by atoms with Gasteiger partial charge in [0.2, 0.25) is 0 Å². The Morgan fingerprint density at radius 2 is 2.27 bits per heavy atom. The number of unbranched alkanes of at least 4 members (excludes halogenated alkanes) is 1. The molecule has 0 aliphatic heterocycles. The maximum absolute atomic E-state index is 12.2. The minimum Gasteiger partial charge on any atom is -0.496 e. The molecule has 2 rings (SSSR count). The Morgan fingerprint density at radius 1 is 1.45 bits per heavy atom. The van der Waals surface area contributed by atoms with Crippen molar-refractivity contribution in [3.05, 3.63) is 41.7 Å². The van der Waals surface area contributed by atoms with Crippen LogP contribution in [0.25, 0.3) is 10.9 Å². The third-order valence-corrected chi connectivity index (χ3v) is 3.46. The van der Waals surface area contributed by atoms with Crippen LogP contribution in [0.15, 0.2) is 31.1 Å². The number of H-pyrrole nitrogens is 1. The number of methoxy groups -OCH3 is 1. The molecule has 0 aliphatic rings. The van der Waals surface area contributed by atoms with Gasteiger partial charge in [0.15, 0.2) is 0 Å². The van der Waals surface area contributed by atoms with E-state index in [0.717, 1.165) is 24.9 Å². The summed E-state index contributed by atoms with van der Waals surface area (Å²) < 4.78 is 10.6. The van der Waals surface area contributed by atoms with Gasteiger partial charge in [-0.3, -0.25) is 0 Å². The van der Waals surface area contributed by atoms with Crippen molar-refractivity contribution >= 4 is 28.5 Å². The average Bonchev–Trinajstić information content (AvgIpc) is 2.93. The maximum atomic E-state index is 12.2. The van der Waals surface area contributed by atoms with Crippen LogP contribution in [-0.4, -0.2) is 31.2 Å². The number of esters is 1. The number of fused-ring (bicyclic) bond motifs is 1. The Kier molecular flexibility index (Phi) is 5.72. The van der Waals surface area contributed by atoms with Crippen LogP contribution in [0.4, 0.5) is 0 Å². The van der Waals surface area contributed by atoms with E-state index in [1.165, 1.54) is 0 Å². The lowest BCUT2D eigenvalue weighted by atomic mass is 10.1. The number of benzene rings is 1. The van der Waals surface area contributed by atoms with Crippen molar-refractivity contribution < 1.29 is 14.3 Å². The van der Waals surface area contributed by atoms with Gasteiger partial charge in [-0.15, -0.1) is 0 Å². The monoisotopic (exact) mass is 322 g/mol. The van der Waals surface area contributed by atoms with Gasteiger partial charge in [-0.2, -0.15) is 0 Å². The Bertz CT molecular complexity index is 667. The molecule has 0 aliphatic carbocycles. The van der Waals surface area contributed by atoms with Gasteiger partial charge in [0.1, 0.15) is 5.75 Å². The van der Waals surface area contributed by atoms with Crippen molar-refractivity contribution in [3.8, 4) is 5.75 Å². The van der Waals surface area contributed by atoms with Gasteiger partial charge < -0.3 is 19.8 Å². The van der Waals surface area contributed by atoms with Gasteiger partial charge in [0.25, 0.3) is 0 Å². The van der Waals surface area contributed by atoms with Crippen LogP contribution >= 0.6 is 11.6 Å². The molecule has 0 saturated heterocycles. The Balaban J connectivity index is 2.04. The second-order valence-corrected chi connectivity index (χ2v) is 5.17. The molecule has 6 heteroatoms. The summed E-state index contributed by atoms with van der Waals surface area (Å²) >= 11 is 6.01. The number of carbonyl (C=O) groups is 1. The molecule has 118 valence electrons. The number of halogens is 1. The predicted octanol–water partition coefficient (Wildman–Crippen LogP) is 3.50. The fourth-order valence-corrected chi connectivity index (χ4v) is 2.40. The molecule has 0 saturated carbocycles. The van der Waals surface area contributed by atoms with Crippen LogP contribution in [0, 0.1) is 0 Å². The highest BCUT2D eigenvalue weighted by molar-refractivity contribution is 6.31. The third kappa shape index (κ3) is 3.74. The first kappa shape index (κ1) is 16.2. The lowest BCUT2D eigenvalue weighted by Crippen LogP contribution is -2.10. The third-order valence-electron chi connectivity index (χ3n) is 3.24. The van der Waals surface area contributed by atoms with Crippen molar-refractivity contribution in [1.82, 2.24) is 10.3 Å². The molecule has 0 radical (unpaired) electrons. The first-order chi connectivity index (χ1) is 10.7.